The zero-order valence-corrected chi connectivity index (χ0v) is 10.5. The number of benzene rings is 1. The largest absolute Gasteiger partial charge is 0.417 e. The molecule has 1 aromatic heterocycles. The van der Waals surface area contributed by atoms with Crippen molar-refractivity contribution in [2.24, 2.45) is 0 Å². The molecular weight excluding hydrogens is 295 g/mol. The first-order valence-corrected chi connectivity index (χ1v) is 5.69. The van der Waals surface area contributed by atoms with Gasteiger partial charge in [-0.2, -0.15) is 13.2 Å². The molecular formula is C12H7ClF3N3O. The van der Waals surface area contributed by atoms with E-state index in [0.717, 1.165) is 12.1 Å². The van der Waals surface area contributed by atoms with Crippen LogP contribution in [0, 0.1) is 0 Å². The third-order valence-corrected chi connectivity index (χ3v) is 2.68. The maximum Gasteiger partial charge on any atom is 0.417 e. The van der Waals surface area contributed by atoms with Gasteiger partial charge in [0.25, 0.3) is 5.91 Å². The van der Waals surface area contributed by atoms with Gasteiger partial charge < -0.3 is 5.32 Å². The number of halogens is 4. The van der Waals surface area contributed by atoms with Gasteiger partial charge >= 0.3 is 6.18 Å². The van der Waals surface area contributed by atoms with Crippen molar-refractivity contribution in [3.8, 4) is 0 Å². The lowest BCUT2D eigenvalue weighted by molar-refractivity contribution is -0.137. The van der Waals surface area contributed by atoms with E-state index in [4.69, 9.17) is 11.6 Å². The number of nitrogens with one attached hydrogen (secondary N) is 1. The van der Waals surface area contributed by atoms with Gasteiger partial charge in [0.05, 0.1) is 16.1 Å². The van der Waals surface area contributed by atoms with Crippen molar-refractivity contribution in [2.45, 2.75) is 6.18 Å². The summed E-state index contributed by atoms with van der Waals surface area (Å²) >= 11 is 5.48. The van der Waals surface area contributed by atoms with Crippen LogP contribution in [0.2, 0.25) is 5.02 Å². The molecule has 1 N–H and O–H groups in total. The van der Waals surface area contributed by atoms with E-state index in [-0.39, 0.29) is 11.3 Å². The smallest absolute Gasteiger partial charge is 0.322 e. The molecule has 8 heteroatoms. The van der Waals surface area contributed by atoms with Crippen LogP contribution in [0.1, 0.15) is 15.9 Å². The summed E-state index contributed by atoms with van der Waals surface area (Å²) in [4.78, 5) is 19.0. The molecule has 0 saturated heterocycles. The summed E-state index contributed by atoms with van der Waals surface area (Å²) < 4.78 is 38.0. The second-order valence-corrected chi connectivity index (χ2v) is 4.18. The summed E-state index contributed by atoms with van der Waals surface area (Å²) in [5, 5.41) is 1.89. The molecule has 2 aromatic rings. The minimum atomic E-state index is -4.59. The van der Waals surface area contributed by atoms with Crippen molar-refractivity contribution in [2.75, 3.05) is 5.32 Å². The Bertz CT molecular complexity index is 632. The third kappa shape index (κ3) is 3.24. The fourth-order valence-corrected chi connectivity index (χ4v) is 1.66. The molecule has 0 saturated carbocycles. The molecule has 0 aliphatic heterocycles. The van der Waals surface area contributed by atoms with E-state index in [9.17, 15) is 18.0 Å². The van der Waals surface area contributed by atoms with E-state index >= 15 is 0 Å². The Balaban J connectivity index is 2.25. The Hall–Kier alpha value is -2.15. The lowest BCUT2D eigenvalue weighted by Gasteiger charge is -2.11. The van der Waals surface area contributed by atoms with Crippen molar-refractivity contribution in [3.63, 3.8) is 0 Å². The van der Waals surface area contributed by atoms with Crippen molar-refractivity contribution < 1.29 is 18.0 Å². The summed E-state index contributed by atoms with van der Waals surface area (Å²) in [6.07, 6.45) is -0.847. The Morgan fingerprint density at radius 2 is 1.85 bits per heavy atom. The Kier molecular flexibility index (Phi) is 3.89. The molecule has 0 fully saturated rings. The Morgan fingerprint density at radius 1 is 1.20 bits per heavy atom. The standard InChI is InChI=1S/C12H7ClF3N3O/c13-10-2-1-8(3-9(10)12(14,15)16)19-11(20)7-4-17-6-18-5-7/h1-6H,(H,19,20). The minimum Gasteiger partial charge on any atom is -0.322 e. The fourth-order valence-electron chi connectivity index (χ4n) is 1.44. The molecule has 0 radical (unpaired) electrons. The number of rotatable bonds is 2. The number of aromatic nitrogens is 2. The highest BCUT2D eigenvalue weighted by Gasteiger charge is 2.33. The van der Waals surface area contributed by atoms with Crippen molar-refractivity contribution in [1.82, 2.24) is 9.97 Å². The topological polar surface area (TPSA) is 54.9 Å². The van der Waals surface area contributed by atoms with E-state index in [0.29, 0.717) is 0 Å². The molecule has 0 spiro atoms. The van der Waals surface area contributed by atoms with E-state index in [1.54, 1.807) is 0 Å². The Labute approximate surface area is 116 Å². The van der Waals surface area contributed by atoms with Gasteiger partial charge in [-0.25, -0.2) is 9.97 Å². The van der Waals surface area contributed by atoms with Crippen LogP contribution in [0.4, 0.5) is 18.9 Å². The zero-order chi connectivity index (χ0) is 14.8. The van der Waals surface area contributed by atoms with Crippen LogP contribution in [0.5, 0.6) is 0 Å². The summed E-state index contributed by atoms with van der Waals surface area (Å²) in [7, 11) is 0. The molecule has 0 aliphatic rings. The molecule has 1 amide bonds. The van der Waals surface area contributed by atoms with Crippen LogP contribution in [-0.2, 0) is 6.18 Å². The number of hydrogen-bond acceptors (Lipinski definition) is 3. The highest BCUT2D eigenvalue weighted by Crippen LogP contribution is 2.36. The molecule has 0 atom stereocenters. The van der Waals surface area contributed by atoms with E-state index in [1.807, 2.05) is 0 Å². The van der Waals surface area contributed by atoms with E-state index in [1.165, 1.54) is 24.8 Å². The average Bonchev–Trinajstić information content (AvgIpc) is 2.40. The first-order chi connectivity index (χ1) is 9.38. The van der Waals surface area contributed by atoms with Crippen LogP contribution in [0.15, 0.2) is 36.9 Å². The lowest BCUT2D eigenvalue weighted by atomic mass is 10.2. The van der Waals surface area contributed by atoms with Gasteiger partial charge in [0.1, 0.15) is 6.33 Å². The number of carbonyl (C=O) groups is 1. The summed E-state index contributed by atoms with van der Waals surface area (Å²) in [5.41, 5.74) is -0.895. The summed E-state index contributed by atoms with van der Waals surface area (Å²) in [6.45, 7) is 0. The maximum atomic E-state index is 12.7. The second-order valence-electron chi connectivity index (χ2n) is 3.77. The highest BCUT2D eigenvalue weighted by molar-refractivity contribution is 6.31. The van der Waals surface area contributed by atoms with Crippen LogP contribution < -0.4 is 5.32 Å². The zero-order valence-electron chi connectivity index (χ0n) is 9.78. The van der Waals surface area contributed by atoms with Crippen LogP contribution in [0.25, 0.3) is 0 Å². The molecule has 0 aliphatic carbocycles. The van der Waals surface area contributed by atoms with Gasteiger partial charge in [-0.3, -0.25) is 4.79 Å². The fraction of sp³-hybridized carbons (Fsp3) is 0.0833. The molecule has 1 aromatic carbocycles. The molecule has 0 unspecified atom stereocenters. The van der Waals surface area contributed by atoms with E-state index in [2.05, 4.69) is 15.3 Å². The van der Waals surface area contributed by atoms with Gasteiger partial charge in [0, 0.05) is 18.1 Å². The number of alkyl halides is 3. The quantitative estimate of drug-likeness (QED) is 0.925. The molecule has 2 rings (SSSR count). The van der Waals surface area contributed by atoms with Gasteiger partial charge in [-0.05, 0) is 18.2 Å². The normalized spacial score (nSPS) is 11.2. The van der Waals surface area contributed by atoms with Crippen molar-refractivity contribution in [1.29, 1.82) is 0 Å². The summed E-state index contributed by atoms with van der Waals surface area (Å²) in [5.74, 6) is -0.610. The molecule has 0 bridgehead atoms. The SMILES string of the molecule is O=C(Nc1ccc(Cl)c(C(F)(F)F)c1)c1cncnc1. The highest BCUT2D eigenvalue weighted by atomic mass is 35.5. The number of carbonyl (C=O) groups excluding carboxylic acids is 1. The predicted molar refractivity (Wildman–Crippen MR) is 66.4 cm³/mol. The lowest BCUT2D eigenvalue weighted by Crippen LogP contribution is -2.14. The minimum absolute atomic E-state index is 0.0180. The maximum absolute atomic E-state index is 12.7. The van der Waals surface area contributed by atoms with Gasteiger partial charge in [0.2, 0.25) is 0 Å². The van der Waals surface area contributed by atoms with Crippen molar-refractivity contribution >= 4 is 23.2 Å². The summed E-state index contributed by atoms with van der Waals surface area (Å²) in [6, 6.07) is 3.12. The van der Waals surface area contributed by atoms with Gasteiger partial charge in [-0.1, -0.05) is 11.6 Å². The first kappa shape index (κ1) is 14.3. The predicted octanol–water partition coefficient (Wildman–Crippen LogP) is 3.40. The molecule has 20 heavy (non-hydrogen) atoms. The Morgan fingerprint density at radius 3 is 2.45 bits per heavy atom. The molecule has 104 valence electrons. The first-order valence-electron chi connectivity index (χ1n) is 5.31. The van der Waals surface area contributed by atoms with Gasteiger partial charge in [-0.15, -0.1) is 0 Å². The monoisotopic (exact) mass is 301 g/mol. The van der Waals surface area contributed by atoms with Gasteiger partial charge in [0.15, 0.2) is 0 Å². The third-order valence-electron chi connectivity index (χ3n) is 2.35. The number of amides is 1. The van der Waals surface area contributed by atoms with Crippen molar-refractivity contribution in [3.05, 3.63) is 53.1 Å². The van der Waals surface area contributed by atoms with E-state index < -0.39 is 22.7 Å². The molecule has 4 nitrogen and oxygen atoms in total. The van der Waals surface area contributed by atoms with Crippen LogP contribution in [0.3, 0.4) is 0 Å². The van der Waals surface area contributed by atoms with Crippen LogP contribution in [-0.4, -0.2) is 15.9 Å². The number of hydrogen-bond donors (Lipinski definition) is 1. The van der Waals surface area contributed by atoms with Crippen LogP contribution >= 0.6 is 11.6 Å². The second kappa shape index (κ2) is 5.46. The average molecular weight is 302 g/mol. The number of nitrogens with zero attached hydrogens (tertiary/aromatic N) is 2. The molecule has 1 heterocycles. The number of anilines is 1.